The number of hydrogen-bond donors (Lipinski definition) is 0. The molecule has 126 valence electrons. The first-order chi connectivity index (χ1) is 11.6. The summed E-state index contributed by atoms with van der Waals surface area (Å²) in [7, 11) is 9.87. The summed E-state index contributed by atoms with van der Waals surface area (Å²) in [6.07, 6.45) is 6.02. The molecular formula is C21H24Cl2Zr. The van der Waals surface area contributed by atoms with Crippen LogP contribution in [0.5, 0.6) is 0 Å². The molecule has 0 atom stereocenters. The van der Waals surface area contributed by atoms with Gasteiger partial charge in [0, 0.05) is 0 Å². The third-order valence-corrected chi connectivity index (χ3v) is 4.42. The Morgan fingerprint density at radius 2 is 1.71 bits per heavy atom. The summed E-state index contributed by atoms with van der Waals surface area (Å²) in [5.41, 5.74) is 8.65. The first kappa shape index (κ1) is 20.0. The van der Waals surface area contributed by atoms with Gasteiger partial charge in [-0.05, 0) is 46.6 Å². The molecule has 0 N–H and O–H groups in total. The zero-order valence-corrected chi connectivity index (χ0v) is 18.5. The van der Waals surface area contributed by atoms with Crippen molar-refractivity contribution in [2.75, 3.05) is 0 Å². The van der Waals surface area contributed by atoms with E-state index in [9.17, 15) is 0 Å². The second-order valence-corrected chi connectivity index (χ2v) is 10.2. The summed E-state index contributed by atoms with van der Waals surface area (Å²) in [5.74, 6) is 0.594. The van der Waals surface area contributed by atoms with Crippen molar-refractivity contribution in [2.45, 2.75) is 46.0 Å². The molecular weight excluding hydrogens is 414 g/mol. The Hall–Kier alpha value is -0.357. The Bertz CT molecular complexity index is 687. The Balaban J connectivity index is 0.000000647. The van der Waals surface area contributed by atoms with Crippen LogP contribution in [0, 0.1) is 0 Å². The second-order valence-electron chi connectivity index (χ2n) is 6.46. The number of allylic oxidation sites excluding steroid dienone is 1. The van der Waals surface area contributed by atoms with E-state index in [0.717, 1.165) is 6.42 Å². The van der Waals surface area contributed by atoms with Crippen molar-refractivity contribution >= 4 is 23.1 Å². The molecule has 0 nitrogen and oxygen atoms in total. The van der Waals surface area contributed by atoms with Gasteiger partial charge in [0.2, 0.25) is 0 Å². The summed E-state index contributed by atoms with van der Waals surface area (Å²) in [6, 6.07) is 15.8. The van der Waals surface area contributed by atoms with Crippen LogP contribution < -0.4 is 0 Å². The fourth-order valence-corrected chi connectivity index (χ4v) is 3.22. The van der Waals surface area contributed by atoms with Gasteiger partial charge in [-0.15, -0.1) is 0 Å². The fraction of sp³-hybridized carbons (Fsp3) is 0.333. The number of hydrogen-bond acceptors (Lipinski definition) is 0. The fourth-order valence-electron chi connectivity index (χ4n) is 3.22. The van der Waals surface area contributed by atoms with E-state index in [1.54, 1.807) is 5.57 Å². The molecule has 0 bridgehead atoms. The Morgan fingerprint density at radius 1 is 1.04 bits per heavy atom. The first-order valence-corrected chi connectivity index (χ1v) is 14.8. The number of benzene rings is 2. The van der Waals surface area contributed by atoms with Crippen molar-refractivity contribution in [3.8, 4) is 11.1 Å². The summed E-state index contributed by atoms with van der Waals surface area (Å²) < 4.78 is 0. The predicted molar refractivity (Wildman–Crippen MR) is 104 cm³/mol. The molecule has 0 saturated heterocycles. The van der Waals surface area contributed by atoms with Crippen LogP contribution in [0.1, 0.15) is 56.2 Å². The molecule has 0 aromatic heterocycles. The van der Waals surface area contributed by atoms with E-state index in [1.807, 2.05) is 0 Å². The molecule has 3 rings (SSSR count). The Labute approximate surface area is 164 Å². The Morgan fingerprint density at radius 3 is 2.29 bits per heavy atom. The topological polar surface area (TPSA) is 0 Å². The quantitative estimate of drug-likeness (QED) is 0.461. The first-order valence-electron chi connectivity index (χ1n) is 8.48. The van der Waals surface area contributed by atoms with Crippen LogP contribution in [0.25, 0.3) is 17.2 Å². The van der Waals surface area contributed by atoms with Gasteiger partial charge < -0.3 is 0 Å². The minimum atomic E-state index is -0.826. The number of fused-ring (bicyclic) bond motifs is 1. The molecule has 0 spiro atoms. The van der Waals surface area contributed by atoms with Gasteiger partial charge in [0.05, 0.1) is 0 Å². The molecule has 0 fully saturated rings. The SMILES string of the molecule is CCCC1=Cc2c(cccc2-c2ccc(C(C)C)cc2)C1.[Cl][Zr][Cl]. The maximum absolute atomic E-state index is 4.93. The van der Waals surface area contributed by atoms with E-state index in [1.165, 1.54) is 40.7 Å². The average molecular weight is 439 g/mol. The van der Waals surface area contributed by atoms with Crippen molar-refractivity contribution in [1.29, 1.82) is 0 Å². The van der Waals surface area contributed by atoms with E-state index in [-0.39, 0.29) is 0 Å². The van der Waals surface area contributed by atoms with Gasteiger partial charge in [-0.1, -0.05) is 81.3 Å². The molecule has 2 aromatic rings. The van der Waals surface area contributed by atoms with Crippen molar-refractivity contribution in [1.82, 2.24) is 0 Å². The van der Waals surface area contributed by atoms with Crippen LogP contribution in [-0.4, -0.2) is 0 Å². The van der Waals surface area contributed by atoms with E-state index < -0.39 is 20.8 Å². The van der Waals surface area contributed by atoms with Crippen LogP contribution in [-0.2, 0) is 27.3 Å². The third kappa shape index (κ3) is 5.07. The molecule has 0 heterocycles. The van der Waals surface area contributed by atoms with E-state index in [2.05, 4.69) is 69.3 Å². The molecule has 24 heavy (non-hydrogen) atoms. The molecule has 2 aromatic carbocycles. The Kier molecular flexibility index (Phi) is 8.28. The molecule has 1 aliphatic carbocycles. The van der Waals surface area contributed by atoms with Gasteiger partial charge in [-0.3, -0.25) is 0 Å². The summed E-state index contributed by atoms with van der Waals surface area (Å²) in [4.78, 5) is 0. The zero-order chi connectivity index (χ0) is 17.5. The normalized spacial score (nSPS) is 12.3. The van der Waals surface area contributed by atoms with Gasteiger partial charge in [-0.2, -0.15) is 0 Å². The second kappa shape index (κ2) is 9.95. The van der Waals surface area contributed by atoms with E-state index >= 15 is 0 Å². The van der Waals surface area contributed by atoms with Gasteiger partial charge in [-0.25, -0.2) is 0 Å². The van der Waals surface area contributed by atoms with Gasteiger partial charge in [0.25, 0.3) is 0 Å². The molecule has 0 unspecified atom stereocenters. The molecule has 0 radical (unpaired) electrons. The van der Waals surface area contributed by atoms with Gasteiger partial charge >= 0.3 is 37.9 Å². The zero-order valence-electron chi connectivity index (χ0n) is 14.6. The van der Waals surface area contributed by atoms with Crippen molar-refractivity contribution in [2.24, 2.45) is 0 Å². The predicted octanol–water partition coefficient (Wildman–Crippen LogP) is 7.59. The molecule has 0 aliphatic heterocycles. The van der Waals surface area contributed by atoms with E-state index in [0.29, 0.717) is 5.92 Å². The van der Waals surface area contributed by atoms with Crippen LogP contribution >= 0.6 is 17.0 Å². The molecule has 3 heteroatoms. The third-order valence-electron chi connectivity index (χ3n) is 4.42. The minimum absolute atomic E-state index is 0.594. The number of rotatable bonds is 4. The molecule has 1 aliphatic rings. The summed E-state index contributed by atoms with van der Waals surface area (Å²) in [5, 5.41) is 0. The van der Waals surface area contributed by atoms with Crippen LogP contribution in [0.4, 0.5) is 0 Å². The maximum atomic E-state index is 4.93. The van der Waals surface area contributed by atoms with Crippen LogP contribution in [0.3, 0.4) is 0 Å². The monoisotopic (exact) mass is 436 g/mol. The number of halogens is 2. The standard InChI is InChI=1S/C21H24.2ClH.Zr/c1-4-6-16-13-19-7-5-8-20(21(19)14-16)18-11-9-17(10-12-18)15(2)3;;;/h5,7-12,14-15H,4,6,13H2,1-3H3;2*1H;/q;;;+2/p-2. The van der Waals surface area contributed by atoms with Gasteiger partial charge in [0.15, 0.2) is 0 Å². The summed E-state index contributed by atoms with van der Waals surface area (Å²) >= 11 is -0.826. The van der Waals surface area contributed by atoms with Crippen molar-refractivity contribution < 1.29 is 20.8 Å². The van der Waals surface area contributed by atoms with Gasteiger partial charge in [0.1, 0.15) is 0 Å². The average Bonchev–Trinajstić information content (AvgIpc) is 2.98. The van der Waals surface area contributed by atoms with Crippen LogP contribution in [0.15, 0.2) is 48.0 Å². The molecule has 0 saturated carbocycles. The summed E-state index contributed by atoms with van der Waals surface area (Å²) in [6.45, 7) is 6.75. The van der Waals surface area contributed by atoms with Crippen molar-refractivity contribution in [3.63, 3.8) is 0 Å². The van der Waals surface area contributed by atoms with E-state index in [4.69, 9.17) is 17.0 Å². The van der Waals surface area contributed by atoms with Crippen LogP contribution in [0.2, 0.25) is 0 Å². The molecule has 0 amide bonds. The van der Waals surface area contributed by atoms with Crippen molar-refractivity contribution in [3.05, 3.63) is 64.7 Å².